The number of anilines is 1. The summed E-state index contributed by atoms with van der Waals surface area (Å²) in [6.07, 6.45) is 1.09. The van der Waals surface area contributed by atoms with Crippen LogP contribution in [0.2, 0.25) is 0 Å². The number of nitrogens with one attached hydrogen (secondary N) is 2. The quantitative estimate of drug-likeness (QED) is 0.739. The van der Waals surface area contributed by atoms with Gasteiger partial charge in [0.05, 0.1) is 11.3 Å². The molecule has 112 valence electrons. The van der Waals surface area contributed by atoms with Crippen molar-refractivity contribution in [1.82, 2.24) is 4.72 Å². The molecule has 1 fully saturated rings. The van der Waals surface area contributed by atoms with E-state index in [1.807, 2.05) is 0 Å². The summed E-state index contributed by atoms with van der Waals surface area (Å²) >= 11 is 0. The molecule has 0 bridgehead atoms. The van der Waals surface area contributed by atoms with E-state index in [2.05, 4.69) is 10.0 Å². The lowest BCUT2D eigenvalue weighted by Crippen LogP contribution is -2.42. The highest BCUT2D eigenvalue weighted by molar-refractivity contribution is 7.89. The van der Waals surface area contributed by atoms with Gasteiger partial charge >= 0.3 is 0 Å². The number of aliphatic hydroxyl groups is 1. The Morgan fingerprint density at radius 2 is 1.95 bits per heavy atom. The largest absolute Gasteiger partial charge is 0.388 e. The van der Waals surface area contributed by atoms with Gasteiger partial charge in [0.1, 0.15) is 4.90 Å². The summed E-state index contributed by atoms with van der Waals surface area (Å²) in [5.74, 6) is 0. The topological polar surface area (TPSA) is 87.7 Å². The minimum atomic E-state index is -3.52. The smallest absolute Gasteiger partial charge is 0.242 e. The number of rotatable bonds is 5. The van der Waals surface area contributed by atoms with E-state index in [4.69, 9.17) is 4.74 Å². The lowest BCUT2D eigenvalue weighted by molar-refractivity contribution is -0.0543. The van der Waals surface area contributed by atoms with Crippen molar-refractivity contribution < 1.29 is 18.3 Å². The monoisotopic (exact) mass is 300 g/mol. The molecule has 1 heterocycles. The number of sulfonamides is 1. The van der Waals surface area contributed by atoms with E-state index in [0.29, 0.717) is 38.3 Å². The Balaban J connectivity index is 2.14. The number of benzene rings is 1. The van der Waals surface area contributed by atoms with Gasteiger partial charge in [-0.05, 0) is 19.2 Å². The Morgan fingerprint density at radius 3 is 2.60 bits per heavy atom. The summed E-state index contributed by atoms with van der Waals surface area (Å²) in [6, 6.07) is 6.64. The first-order valence-corrected chi connectivity index (χ1v) is 8.02. The van der Waals surface area contributed by atoms with Crippen molar-refractivity contribution >= 4 is 15.7 Å². The minimum absolute atomic E-state index is 0.179. The zero-order valence-corrected chi connectivity index (χ0v) is 12.2. The molecule has 3 N–H and O–H groups in total. The summed E-state index contributed by atoms with van der Waals surface area (Å²) in [7, 11) is -2.15. The maximum Gasteiger partial charge on any atom is 0.242 e. The SMILES string of the molecule is CNS(=O)(=O)c1ccccc1NCC1(O)CCOCC1. The predicted octanol–water partition coefficient (Wildman–Crippen LogP) is 0.548. The second-order valence-corrected chi connectivity index (χ2v) is 6.75. The lowest BCUT2D eigenvalue weighted by atomic mass is 9.94. The van der Waals surface area contributed by atoms with Gasteiger partial charge in [-0.25, -0.2) is 13.1 Å². The molecule has 0 atom stereocenters. The van der Waals surface area contributed by atoms with Crippen molar-refractivity contribution in [3.63, 3.8) is 0 Å². The van der Waals surface area contributed by atoms with Crippen LogP contribution in [0, 0.1) is 0 Å². The van der Waals surface area contributed by atoms with Crippen molar-refractivity contribution in [3.05, 3.63) is 24.3 Å². The van der Waals surface area contributed by atoms with Crippen LogP contribution in [0.5, 0.6) is 0 Å². The summed E-state index contributed by atoms with van der Waals surface area (Å²) < 4.78 is 31.4. The van der Waals surface area contributed by atoms with E-state index in [-0.39, 0.29) is 4.90 Å². The van der Waals surface area contributed by atoms with Crippen LogP contribution in [0.25, 0.3) is 0 Å². The van der Waals surface area contributed by atoms with Gasteiger partial charge in [0, 0.05) is 32.6 Å². The summed E-state index contributed by atoms with van der Waals surface area (Å²) in [6.45, 7) is 1.34. The van der Waals surface area contributed by atoms with E-state index in [1.54, 1.807) is 18.2 Å². The van der Waals surface area contributed by atoms with Crippen LogP contribution in [0.1, 0.15) is 12.8 Å². The maximum absolute atomic E-state index is 11.9. The van der Waals surface area contributed by atoms with Gasteiger partial charge in [-0.3, -0.25) is 0 Å². The predicted molar refractivity (Wildman–Crippen MR) is 76.2 cm³/mol. The Kier molecular flexibility index (Phi) is 4.64. The normalized spacial score (nSPS) is 18.7. The molecule has 2 rings (SSSR count). The first-order valence-electron chi connectivity index (χ1n) is 6.53. The summed E-state index contributed by atoms with van der Waals surface area (Å²) in [5, 5.41) is 13.4. The molecule has 6 nitrogen and oxygen atoms in total. The third-order valence-corrected chi connectivity index (χ3v) is 4.95. The fourth-order valence-corrected chi connectivity index (χ4v) is 3.05. The molecule has 1 saturated heterocycles. The highest BCUT2D eigenvalue weighted by atomic mass is 32.2. The number of hydrogen-bond acceptors (Lipinski definition) is 5. The molecule has 0 aliphatic carbocycles. The Morgan fingerprint density at radius 1 is 1.30 bits per heavy atom. The lowest BCUT2D eigenvalue weighted by Gasteiger charge is -2.32. The van der Waals surface area contributed by atoms with Crippen molar-refractivity contribution in [1.29, 1.82) is 0 Å². The first kappa shape index (κ1) is 15.2. The minimum Gasteiger partial charge on any atom is -0.388 e. The average molecular weight is 300 g/mol. The molecule has 7 heteroatoms. The fraction of sp³-hybridized carbons (Fsp3) is 0.538. The molecule has 0 unspecified atom stereocenters. The average Bonchev–Trinajstić information content (AvgIpc) is 2.46. The van der Waals surface area contributed by atoms with Gasteiger partial charge < -0.3 is 15.2 Å². The number of hydrogen-bond donors (Lipinski definition) is 3. The summed E-state index contributed by atoms with van der Waals surface area (Å²) in [4.78, 5) is 0.179. The van der Waals surface area contributed by atoms with Crippen LogP contribution in [0.15, 0.2) is 29.2 Å². The van der Waals surface area contributed by atoms with Gasteiger partial charge in [0.2, 0.25) is 10.0 Å². The molecule has 0 radical (unpaired) electrons. The second-order valence-electron chi connectivity index (χ2n) is 4.89. The highest BCUT2D eigenvalue weighted by Crippen LogP contribution is 2.24. The molecule has 0 amide bonds. The van der Waals surface area contributed by atoms with Gasteiger partial charge in [0.25, 0.3) is 0 Å². The van der Waals surface area contributed by atoms with Gasteiger partial charge in [-0.1, -0.05) is 12.1 Å². The second kappa shape index (κ2) is 6.09. The van der Waals surface area contributed by atoms with Crippen molar-refractivity contribution in [3.8, 4) is 0 Å². The van der Waals surface area contributed by atoms with Gasteiger partial charge in [-0.2, -0.15) is 0 Å². The van der Waals surface area contributed by atoms with Crippen molar-refractivity contribution in [2.45, 2.75) is 23.3 Å². The van der Waals surface area contributed by atoms with E-state index in [9.17, 15) is 13.5 Å². The van der Waals surface area contributed by atoms with E-state index >= 15 is 0 Å². The molecule has 1 aliphatic rings. The van der Waals surface area contributed by atoms with Crippen LogP contribution in [-0.2, 0) is 14.8 Å². The molecule has 20 heavy (non-hydrogen) atoms. The van der Waals surface area contributed by atoms with Crippen LogP contribution >= 0.6 is 0 Å². The third-order valence-electron chi connectivity index (χ3n) is 3.48. The molecular formula is C13H20N2O4S. The van der Waals surface area contributed by atoms with E-state index < -0.39 is 15.6 Å². The molecular weight excluding hydrogens is 280 g/mol. The number of ether oxygens (including phenoxy) is 1. The maximum atomic E-state index is 11.9. The van der Waals surface area contributed by atoms with E-state index in [1.165, 1.54) is 13.1 Å². The van der Waals surface area contributed by atoms with Crippen LogP contribution in [0.3, 0.4) is 0 Å². The zero-order chi connectivity index (χ0) is 14.6. The third kappa shape index (κ3) is 3.49. The molecule has 1 aromatic rings. The number of para-hydroxylation sites is 1. The summed E-state index contributed by atoms with van der Waals surface area (Å²) in [5.41, 5.74) is -0.365. The van der Waals surface area contributed by atoms with Crippen molar-refractivity contribution in [2.75, 3.05) is 32.1 Å². The van der Waals surface area contributed by atoms with Crippen molar-refractivity contribution in [2.24, 2.45) is 0 Å². The Labute approximate surface area is 119 Å². The van der Waals surface area contributed by atoms with Crippen LogP contribution in [0.4, 0.5) is 5.69 Å². The zero-order valence-electron chi connectivity index (χ0n) is 11.4. The first-order chi connectivity index (χ1) is 9.47. The Hall–Kier alpha value is -1.15. The van der Waals surface area contributed by atoms with Gasteiger partial charge in [-0.15, -0.1) is 0 Å². The van der Waals surface area contributed by atoms with Gasteiger partial charge in [0.15, 0.2) is 0 Å². The molecule has 0 spiro atoms. The molecule has 1 aliphatic heterocycles. The highest BCUT2D eigenvalue weighted by Gasteiger charge is 2.30. The molecule has 0 aromatic heterocycles. The Bertz CT molecular complexity index is 553. The molecule has 0 saturated carbocycles. The molecule has 1 aromatic carbocycles. The van der Waals surface area contributed by atoms with Crippen LogP contribution < -0.4 is 10.0 Å². The standard InChI is InChI=1S/C13H20N2O4S/c1-14-20(17,18)12-5-3-2-4-11(12)15-10-13(16)6-8-19-9-7-13/h2-5,14-16H,6-10H2,1H3. The van der Waals surface area contributed by atoms with Crippen LogP contribution in [-0.4, -0.2) is 45.9 Å². The van der Waals surface area contributed by atoms with E-state index in [0.717, 1.165) is 0 Å². The fourth-order valence-electron chi connectivity index (χ4n) is 2.14.